The average molecular weight is 319 g/mol. The summed E-state index contributed by atoms with van der Waals surface area (Å²) in [6.07, 6.45) is 3.23. The molecule has 0 saturated heterocycles. The number of nitriles is 1. The van der Waals surface area contributed by atoms with Crippen molar-refractivity contribution in [2.45, 2.75) is 25.3 Å². The van der Waals surface area contributed by atoms with Crippen molar-refractivity contribution in [2.75, 3.05) is 0 Å². The van der Waals surface area contributed by atoms with E-state index in [1.807, 2.05) is 29.0 Å². The van der Waals surface area contributed by atoms with Gasteiger partial charge in [-0.3, -0.25) is 4.98 Å². The Hall–Kier alpha value is -3.07. The van der Waals surface area contributed by atoms with Crippen LogP contribution in [0.4, 0.5) is 4.39 Å². The van der Waals surface area contributed by atoms with Crippen LogP contribution >= 0.6 is 0 Å². The maximum Gasteiger partial charge on any atom is 0.200 e. The van der Waals surface area contributed by atoms with E-state index >= 15 is 0 Å². The van der Waals surface area contributed by atoms with Crippen molar-refractivity contribution in [1.29, 1.82) is 5.26 Å². The molecule has 118 valence electrons. The van der Waals surface area contributed by atoms with E-state index in [4.69, 9.17) is 5.26 Å². The highest BCUT2D eigenvalue weighted by molar-refractivity contribution is 5.48. The minimum atomic E-state index is -0.370. The SMILES string of the molecule is N#Cc1cc(F)cc(C2CCn3nc(-c4ccccn4)nc3C2)c1. The molecule has 0 amide bonds. The lowest BCUT2D eigenvalue weighted by Crippen LogP contribution is -2.19. The first-order valence-corrected chi connectivity index (χ1v) is 7.78. The molecule has 4 rings (SSSR count). The molecule has 1 aromatic carbocycles. The molecule has 1 aliphatic rings. The number of benzene rings is 1. The number of aromatic nitrogens is 4. The van der Waals surface area contributed by atoms with Crippen LogP contribution in [0.25, 0.3) is 11.5 Å². The van der Waals surface area contributed by atoms with Gasteiger partial charge in [0.05, 0.1) is 11.6 Å². The molecule has 3 aromatic rings. The summed E-state index contributed by atoms with van der Waals surface area (Å²) in [6, 6.07) is 12.2. The first kappa shape index (κ1) is 14.5. The van der Waals surface area contributed by atoms with Gasteiger partial charge in [-0.15, -0.1) is 5.10 Å². The molecule has 1 aliphatic heterocycles. The topological polar surface area (TPSA) is 67.4 Å². The van der Waals surface area contributed by atoms with Crippen molar-refractivity contribution in [1.82, 2.24) is 19.7 Å². The molecule has 0 saturated carbocycles. The van der Waals surface area contributed by atoms with Gasteiger partial charge in [-0.25, -0.2) is 14.1 Å². The van der Waals surface area contributed by atoms with Crippen LogP contribution in [0.3, 0.4) is 0 Å². The Bertz CT molecular complexity index is 926. The molecular weight excluding hydrogens is 305 g/mol. The van der Waals surface area contributed by atoms with Crippen LogP contribution in [0, 0.1) is 17.1 Å². The van der Waals surface area contributed by atoms with E-state index < -0.39 is 0 Å². The van der Waals surface area contributed by atoms with Gasteiger partial charge < -0.3 is 0 Å². The van der Waals surface area contributed by atoms with E-state index in [0.29, 0.717) is 17.8 Å². The fourth-order valence-corrected chi connectivity index (χ4v) is 3.11. The Kier molecular flexibility index (Phi) is 3.54. The van der Waals surface area contributed by atoms with Crippen LogP contribution < -0.4 is 0 Å². The number of nitrogens with zero attached hydrogens (tertiary/aromatic N) is 5. The van der Waals surface area contributed by atoms with Crippen LogP contribution in [0.15, 0.2) is 42.6 Å². The molecule has 2 aromatic heterocycles. The lowest BCUT2D eigenvalue weighted by Gasteiger charge is -2.22. The summed E-state index contributed by atoms with van der Waals surface area (Å²) in [6.45, 7) is 0.720. The average Bonchev–Trinajstić information content (AvgIpc) is 3.05. The predicted molar refractivity (Wildman–Crippen MR) is 85.4 cm³/mol. The zero-order valence-corrected chi connectivity index (χ0v) is 12.9. The molecular formula is C18H14FN5. The molecule has 1 atom stereocenters. The number of fused-ring (bicyclic) bond motifs is 1. The van der Waals surface area contributed by atoms with Crippen molar-refractivity contribution in [3.63, 3.8) is 0 Å². The largest absolute Gasteiger partial charge is 0.253 e. The second-order valence-electron chi connectivity index (χ2n) is 5.86. The van der Waals surface area contributed by atoms with E-state index in [0.717, 1.165) is 30.0 Å². The number of rotatable bonds is 2. The van der Waals surface area contributed by atoms with Crippen LogP contribution in [-0.4, -0.2) is 19.7 Å². The molecule has 6 heteroatoms. The van der Waals surface area contributed by atoms with Crippen molar-refractivity contribution in [3.8, 4) is 17.6 Å². The summed E-state index contributed by atoms with van der Waals surface area (Å²) in [5.41, 5.74) is 1.94. The van der Waals surface area contributed by atoms with Gasteiger partial charge in [0.15, 0.2) is 5.82 Å². The van der Waals surface area contributed by atoms with E-state index in [2.05, 4.69) is 15.1 Å². The van der Waals surface area contributed by atoms with Gasteiger partial charge in [-0.2, -0.15) is 5.26 Å². The van der Waals surface area contributed by atoms with Gasteiger partial charge in [0.2, 0.25) is 0 Å². The molecule has 0 bridgehead atoms. The second-order valence-corrected chi connectivity index (χ2v) is 5.86. The van der Waals surface area contributed by atoms with Crippen LogP contribution in [-0.2, 0) is 13.0 Å². The van der Waals surface area contributed by atoms with Gasteiger partial charge in [0.1, 0.15) is 17.3 Å². The molecule has 0 radical (unpaired) electrons. The van der Waals surface area contributed by atoms with Gasteiger partial charge >= 0.3 is 0 Å². The Morgan fingerprint density at radius 1 is 1.25 bits per heavy atom. The van der Waals surface area contributed by atoms with E-state index in [9.17, 15) is 4.39 Å². The quantitative estimate of drug-likeness (QED) is 0.728. The number of pyridine rings is 1. The third kappa shape index (κ3) is 2.65. The van der Waals surface area contributed by atoms with Crippen LogP contribution in [0.1, 0.15) is 29.3 Å². The number of aryl methyl sites for hydroxylation is 1. The molecule has 1 unspecified atom stereocenters. The maximum atomic E-state index is 13.7. The van der Waals surface area contributed by atoms with E-state index in [1.54, 1.807) is 12.3 Å². The number of hydrogen-bond donors (Lipinski definition) is 0. The highest BCUT2D eigenvalue weighted by Gasteiger charge is 2.24. The number of halogens is 1. The summed E-state index contributed by atoms with van der Waals surface area (Å²) in [5.74, 6) is 1.25. The summed E-state index contributed by atoms with van der Waals surface area (Å²) >= 11 is 0. The Morgan fingerprint density at radius 3 is 2.96 bits per heavy atom. The zero-order valence-electron chi connectivity index (χ0n) is 12.9. The lowest BCUT2D eigenvalue weighted by molar-refractivity contribution is 0.433. The summed E-state index contributed by atoms with van der Waals surface area (Å²) < 4.78 is 15.6. The van der Waals surface area contributed by atoms with Crippen molar-refractivity contribution in [3.05, 3.63) is 65.4 Å². The molecule has 0 spiro atoms. The summed E-state index contributed by atoms with van der Waals surface area (Å²) in [5, 5.41) is 13.5. The molecule has 24 heavy (non-hydrogen) atoms. The standard InChI is InChI=1S/C18H14FN5/c19-15-8-12(11-20)7-14(9-15)13-4-6-24-17(10-13)22-18(23-24)16-3-1-2-5-21-16/h1-3,5,7-9,13H,4,6,10H2. The minimum Gasteiger partial charge on any atom is -0.253 e. The third-order valence-corrected chi connectivity index (χ3v) is 4.28. The van der Waals surface area contributed by atoms with Gasteiger partial charge in [0.25, 0.3) is 0 Å². The second kappa shape index (κ2) is 5.85. The highest BCUT2D eigenvalue weighted by Crippen LogP contribution is 2.30. The number of hydrogen-bond acceptors (Lipinski definition) is 4. The predicted octanol–water partition coefficient (Wildman–Crippen LogP) is 3.08. The Balaban J connectivity index is 1.64. The minimum absolute atomic E-state index is 0.140. The Morgan fingerprint density at radius 2 is 2.17 bits per heavy atom. The third-order valence-electron chi connectivity index (χ3n) is 4.28. The smallest absolute Gasteiger partial charge is 0.200 e. The monoisotopic (exact) mass is 319 g/mol. The first-order chi connectivity index (χ1) is 11.7. The van der Waals surface area contributed by atoms with Crippen molar-refractivity contribution >= 4 is 0 Å². The normalized spacial score (nSPS) is 16.4. The fraction of sp³-hybridized carbons (Fsp3) is 0.222. The zero-order chi connectivity index (χ0) is 16.5. The Labute approximate surface area is 138 Å². The van der Waals surface area contributed by atoms with E-state index in [1.165, 1.54) is 12.1 Å². The van der Waals surface area contributed by atoms with Crippen molar-refractivity contribution < 1.29 is 4.39 Å². The molecule has 0 N–H and O–H groups in total. The molecule has 0 aliphatic carbocycles. The van der Waals surface area contributed by atoms with Crippen molar-refractivity contribution in [2.24, 2.45) is 0 Å². The van der Waals surface area contributed by atoms with Gasteiger partial charge in [-0.1, -0.05) is 6.07 Å². The lowest BCUT2D eigenvalue weighted by atomic mass is 9.89. The summed E-state index contributed by atoms with van der Waals surface area (Å²) in [7, 11) is 0. The van der Waals surface area contributed by atoms with Crippen LogP contribution in [0.5, 0.6) is 0 Å². The van der Waals surface area contributed by atoms with Gasteiger partial charge in [0, 0.05) is 19.2 Å². The van der Waals surface area contributed by atoms with E-state index in [-0.39, 0.29) is 11.7 Å². The summed E-state index contributed by atoms with van der Waals surface area (Å²) in [4.78, 5) is 8.87. The van der Waals surface area contributed by atoms with Gasteiger partial charge in [-0.05, 0) is 48.2 Å². The maximum absolute atomic E-state index is 13.7. The molecule has 5 nitrogen and oxygen atoms in total. The van der Waals surface area contributed by atoms with Crippen LogP contribution in [0.2, 0.25) is 0 Å². The first-order valence-electron chi connectivity index (χ1n) is 7.78. The highest BCUT2D eigenvalue weighted by atomic mass is 19.1. The molecule has 3 heterocycles. The molecule has 0 fully saturated rings. The fourth-order valence-electron chi connectivity index (χ4n) is 3.11.